The van der Waals surface area contributed by atoms with E-state index in [1.807, 2.05) is 6.08 Å². The predicted molar refractivity (Wildman–Crippen MR) is 47.0 cm³/mol. The standard InChI is InChI=1S/C7H6BrN3/c8-6-1-2-9-7-10-4-3-5(4)11(6)7/h1-2,4-5H,3H2. The second-order valence-corrected chi connectivity index (χ2v) is 3.75. The predicted octanol–water partition coefficient (Wildman–Crippen LogP) is 1.12. The second kappa shape index (κ2) is 1.75. The molecule has 11 heavy (non-hydrogen) atoms. The molecule has 0 N–H and O–H groups in total. The highest BCUT2D eigenvalue weighted by molar-refractivity contribution is 9.11. The van der Waals surface area contributed by atoms with Gasteiger partial charge in [-0.2, -0.15) is 0 Å². The van der Waals surface area contributed by atoms with Crippen LogP contribution in [-0.4, -0.2) is 29.2 Å². The summed E-state index contributed by atoms with van der Waals surface area (Å²) < 4.78 is 1.09. The number of aliphatic imine (C=N–C) groups is 2. The molecule has 3 aliphatic rings. The van der Waals surface area contributed by atoms with Gasteiger partial charge in [0.2, 0.25) is 5.96 Å². The molecule has 3 nitrogen and oxygen atoms in total. The van der Waals surface area contributed by atoms with Crippen LogP contribution in [0.25, 0.3) is 0 Å². The molecular formula is C7H6BrN3. The number of allylic oxidation sites excluding steroid dienone is 1. The van der Waals surface area contributed by atoms with E-state index in [0.29, 0.717) is 12.1 Å². The van der Waals surface area contributed by atoms with Gasteiger partial charge in [0.15, 0.2) is 0 Å². The topological polar surface area (TPSA) is 28.0 Å². The second-order valence-electron chi connectivity index (χ2n) is 2.94. The normalized spacial score (nSPS) is 37.7. The van der Waals surface area contributed by atoms with Crippen LogP contribution in [-0.2, 0) is 0 Å². The van der Waals surface area contributed by atoms with Crippen LogP contribution in [0.5, 0.6) is 0 Å². The summed E-state index contributed by atoms with van der Waals surface area (Å²) in [5, 5.41) is 0. The molecule has 2 heterocycles. The van der Waals surface area contributed by atoms with Crippen LogP contribution < -0.4 is 0 Å². The van der Waals surface area contributed by atoms with E-state index < -0.39 is 0 Å². The lowest BCUT2D eigenvalue weighted by atomic mass is 10.5. The Morgan fingerprint density at radius 2 is 2.55 bits per heavy atom. The zero-order valence-electron chi connectivity index (χ0n) is 5.74. The van der Waals surface area contributed by atoms with E-state index in [0.717, 1.165) is 10.6 Å². The van der Waals surface area contributed by atoms with Crippen LogP contribution in [0.15, 0.2) is 20.7 Å². The Morgan fingerprint density at radius 1 is 1.64 bits per heavy atom. The molecule has 0 amide bonds. The average Bonchev–Trinajstić information content (AvgIpc) is 2.62. The molecular weight excluding hydrogens is 206 g/mol. The molecule has 0 saturated heterocycles. The first-order valence-corrected chi connectivity index (χ1v) is 4.42. The number of nitrogens with zero attached hydrogens (tertiary/aromatic N) is 3. The summed E-state index contributed by atoms with van der Waals surface area (Å²) in [5.41, 5.74) is 0. The Balaban J connectivity index is 2.09. The minimum Gasteiger partial charge on any atom is -0.299 e. The molecule has 0 spiro atoms. The van der Waals surface area contributed by atoms with E-state index in [-0.39, 0.29) is 0 Å². The third-order valence-electron chi connectivity index (χ3n) is 2.18. The van der Waals surface area contributed by atoms with Crippen LogP contribution in [0.3, 0.4) is 0 Å². The van der Waals surface area contributed by atoms with Crippen LogP contribution in [0.2, 0.25) is 0 Å². The first kappa shape index (κ1) is 5.94. The minimum absolute atomic E-state index is 0.529. The number of rotatable bonds is 0. The molecule has 56 valence electrons. The molecule has 0 aromatic rings. The molecule has 2 unspecified atom stereocenters. The van der Waals surface area contributed by atoms with E-state index >= 15 is 0 Å². The maximum Gasteiger partial charge on any atom is 0.226 e. The maximum atomic E-state index is 4.41. The Hall–Kier alpha value is -0.640. The van der Waals surface area contributed by atoms with Crippen molar-refractivity contribution in [3.63, 3.8) is 0 Å². The van der Waals surface area contributed by atoms with Gasteiger partial charge in [-0.25, -0.2) is 9.98 Å². The van der Waals surface area contributed by atoms with Crippen molar-refractivity contribution >= 4 is 28.1 Å². The third kappa shape index (κ3) is 0.677. The third-order valence-corrected chi connectivity index (χ3v) is 2.83. The fourth-order valence-electron chi connectivity index (χ4n) is 1.54. The van der Waals surface area contributed by atoms with Crippen molar-refractivity contribution in [2.24, 2.45) is 9.98 Å². The van der Waals surface area contributed by atoms with Gasteiger partial charge < -0.3 is 0 Å². The number of fused-ring (bicyclic) bond motifs is 3. The van der Waals surface area contributed by atoms with Crippen molar-refractivity contribution in [1.29, 1.82) is 0 Å². The van der Waals surface area contributed by atoms with Gasteiger partial charge in [-0.15, -0.1) is 0 Å². The largest absolute Gasteiger partial charge is 0.299 e. The Kier molecular flexibility index (Phi) is 0.943. The first-order chi connectivity index (χ1) is 5.36. The van der Waals surface area contributed by atoms with Gasteiger partial charge in [-0.05, 0) is 28.4 Å². The quantitative estimate of drug-likeness (QED) is 0.553. The number of hydrogen-bond donors (Lipinski definition) is 0. The Bertz CT molecular complexity index is 305. The van der Waals surface area contributed by atoms with Crippen molar-refractivity contribution in [2.75, 3.05) is 0 Å². The fourth-order valence-corrected chi connectivity index (χ4v) is 2.08. The van der Waals surface area contributed by atoms with Crippen molar-refractivity contribution in [2.45, 2.75) is 18.5 Å². The molecule has 3 rings (SSSR count). The van der Waals surface area contributed by atoms with E-state index in [1.54, 1.807) is 6.21 Å². The van der Waals surface area contributed by atoms with Gasteiger partial charge in [0, 0.05) is 6.21 Å². The van der Waals surface area contributed by atoms with E-state index in [4.69, 9.17) is 0 Å². The summed E-state index contributed by atoms with van der Waals surface area (Å²) >= 11 is 3.48. The Labute approximate surface area is 72.6 Å². The van der Waals surface area contributed by atoms with Crippen LogP contribution in [0, 0.1) is 0 Å². The molecule has 4 heteroatoms. The van der Waals surface area contributed by atoms with Gasteiger partial charge in [0.25, 0.3) is 0 Å². The Morgan fingerprint density at radius 3 is 3.36 bits per heavy atom. The molecule has 1 saturated carbocycles. The molecule has 2 atom stereocenters. The summed E-state index contributed by atoms with van der Waals surface area (Å²) in [4.78, 5) is 10.7. The van der Waals surface area contributed by atoms with E-state index in [2.05, 4.69) is 30.8 Å². The van der Waals surface area contributed by atoms with Crippen molar-refractivity contribution in [3.05, 3.63) is 10.7 Å². The zero-order valence-corrected chi connectivity index (χ0v) is 7.32. The summed E-state index contributed by atoms with van der Waals surface area (Å²) in [5.74, 6) is 0.876. The smallest absolute Gasteiger partial charge is 0.226 e. The highest BCUT2D eigenvalue weighted by Crippen LogP contribution is 2.41. The van der Waals surface area contributed by atoms with Gasteiger partial charge in [-0.3, -0.25) is 4.90 Å². The van der Waals surface area contributed by atoms with Gasteiger partial charge in [0.05, 0.1) is 16.7 Å². The van der Waals surface area contributed by atoms with Gasteiger partial charge >= 0.3 is 0 Å². The van der Waals surface area contributed by atoms with E-state index in [1.165, 1.54) is 6.42 Å². The number of halogens is 1. The first-order valence-electron chi connectivity index (χ1n) is 3.63. The lowest BCUT2D eigenvalue weighted by molar-refractivity contribution is 0.549. The van der Waals surface area contributed by atoms with Crippen LogP contribution in [0.4, 0.5) is 0 Å². The molecule has 0 aromatic carbocycles. The molecule has 0 aromatic heterocycles. The average molecular weight is 212 g/mol. The summed E-state index contributed by atoms with van der Waals surface area (Å²) in [7, 11) is 0. The molecule has 1 aliphatic carbocycles. The van der Waals surface area contributed by atoms with Crippen molar-refractivity contribution in [3.8, 4) is 0 Å². The highest BCUT2D eigenvalue weighted by Gasteiger charge is 2.50. The molecule has 0 radical (unpaired) electrons. The lowest BCUT2D eigenvalue weighted by Gasteiger charge is -2.20. The SMILES string of the molecule is BrC1=CC=NC2=NC3CC3N12. The van der Waals surface area contributed by atoms with Gasteiger partial charge in [-0.1, -0.05) is 0 Å². The molecule has 2 aliphatic heterocycles. The van der Waals surface area contributed by atoms with E-state index in [9.17, 15) is 0 Å². The summed E-state index contributed by atoms with van der Waals surface area (Å²) in [6.07, 6.45) is 4.94. The fraction of sp³-hybridized carbons (Fsp3) is 0.429. The minimum atomic E-state index is 0.529. The summed E-state index contributed by atoms with van der Waals surface area (Å²) in [6, 6.07) is 1.13. The lowest BCUT2D eigenvalue weighted by Crippen LogP contribution is -2.28. The van der Waals surface area contributed by atoms with Crippen LogP contribution in [0.1, 0.15) is 6.42 Å². The zero-order chi connectivity index (χ0) is 7.42. The molecule has 0 bridgehead atoms. The van der Waals surface area contributed by atoms with Crippen molar-refractivity contribution < 1.29 is 0 Å². The molecule has 1 fully saturated rings. The monoisotopic (exact) mass is 211 g/mol. The number of hydrogen-bond acceptors (Lipinski definition) is 3. The number of guanidine groups is 1. The highest BCUT2D eigenvalue weighted by atomic mass is 79.9. The van der Waals surface area contributed by atoms with Crippen LogP contribution >= 0.6 is 15.9 Å². The van der Waals surface area contributed by atoms with Crippen molar-refractivity contribution in [1.82, 2.24) is 4.90 Å². The summed E-state index contributed by atoms with van der Waals surface area (Å²) in [6.45, 7) is 0. The van der Waals surface area contributed by atoms with Gasteiger partial charge in [0.1, 0.15) is 0 Å². The maximum absolute atomic E-state index is 4.41.